The van der Waals surface area contributed by atoms with Gasteiger partial charge < -0.3 is 14.2 Å². The summed E-state index contributed by atoms with van der Waals surface area (Å²) in [6, 6.07) is 0. The summed E-state index contributed by atoms with van der Waals surface area (Å²) in [5.74, 6) is -0.630. The topological polar surface area (TPSA) is 61.8 Å². The maximum Gasteiger partial charge on any atom is 0.333 e. The monoisotopic (exact) mass is 272 g/mol. The number of carbonyl (C=O) groups is 2. The van der Waals surface area contributed by atoms with Gasteiger partial charge in [0.1, 0.15) is 13.2 Å². The minimum absolute atomic E-state index is 0.0967. The Bertz CT molecular complexity index is 296. The number of methoxy groups -OCH3 is 1. The summed E-state index contributed by atoms with van der Waals surface area (Å²) in [6.45, 7) is 4.36. The van der Waals surface area contributed by atoms with Gasteiger partial charge in [-0.15, -0.1) is 0 Å². The summed E-state index contributed by atoms with van der Waals surface area (Å²) in [5.41, 5.74) is 0.546. The van der Waals surface area contributed by atoms with E-state index in [9.17, 15) is 9.59 Å². The van der Waals surface area contributed by atoms with Gasteiger partial charge in [-0.1, -0.05) is 12.5 Å². The van der Waals surface area contributed by atoms with E-state index in [-0.39, 0.29) is 25.2 Å². The number of rotatable bonds is 10. The lowest BCUT2D eigenvalue weighted by atomic mass is 10.2. The van der Waals surface area contributed by atoms with Gasteiger partial charge in [0.05, 0.1) is 0 Å². The van der Waals surface area contributed by atoms with Crippen molar-refractivity contribution in [2.75, 3.05) is 26.9 Å². The highest BCUT2D eigenvalue weighted by Crippen LogP contribution is 2.02. The molecule has 0 amide bonds. The molecule has 0 bridgehead atoms. The van der Waals surface area contributed by atoms with E-state index in [1.807, 2.05) is 0 Å². The minimum atomic E-state index is -0.377. The molecule has 110 valence electrons. The van der Waals surface area contributed by atoms with Crippen LogP contribution in [0.3, 0.4) is 0 Å². The molecule has 0 saturated carbocycles. The zero-order chi connectivity index (χ0) is 14.5. The second-order valence-electron chi connectivity index (χ2n) is 4.13. The molecule has 0 fully saturated rings. The zero-order valence-electron chi connectivity index (χ0n) is 12.1. The Hall–Kier alpha value is -1.36. The largest absolute Gasteiger partial charge is 0.462 e. The first-order valence-electron chi connectivity index (χ1n) is 6.56. The van der Waals surface area contributed by atoms with Gasteiger partial charge in [0.15, 0.2) is 0 Å². The maximum absolute atomic E-state index is 11.3. The fourth-order valence-corrected chi connectivity index (χ4v) is 1.29. The van der Waals surface area contributed by atoms with Gasteiger partial charge in [-0.25, -0.2) is 4.79 Å². The van der Waals surface area contributed by atoms with Crippen LogP contribution in [0.15, 0.2) is 11.6 Å². The van der Waals surface area contributed by atoms with E-state index in [1.165, 1.54) is 0 Å². The summed E-state index contributed by atoms with van der Waals surface area (Å²) in [6.07, 6.45) is 4.75. The van der Waals surface area contributed by atoms with Crippen LogP contribution in [0.4, 0.5) is 0 Å². The number of carbonyl (C=O) groups excluding carboxylic acids is 2. The van der Waals surface area contributed by atoms with Crippen LogP contribution in [-0.4, -0.2) is 38.9 Å². The quantitative estimate of drug-likeness (QED) is 0.347. The second kappa shape index (κ2) is 11.7. The molecule has 0 aliphatic rings. The summed E-state index contributed by atoms with van der Waals surface area (Å²) in [5, 5.41) is 0. The Kier molecular flexibility index (Phi) is 10.9. The average Bonchev–Trinajstić information content (AvgIpc) is 2.42. The van der Waals surface area contributed by atoms with Crippen molar-refractivity contribution in [2.24, 2.45) is 0 Å². The summed E-state index contributed by atoms with van der Waals surface area (Å²) in [4.78, 5) is 22.6. The molecule has 0 atom stereocenters. The van der Waals surface area contributed by atoms with Crippen LogP contribution in [0.25, 0.3) is 0 Å². The van der Waals surface area contributed by atoms with Crippen molar-refractivity contribution in [3.8, 4) is 0 Å². The molecular formula is C14H24O5. The molecule has 5 nitrogen and oxygen atoms in total. The van der Waals surface area contributed by atoms with Gasteiger partial charge in [-0.05, 0) is 26.7 Å². The van der Waals surface area contributed by atoms with Crippen LogP contribution in [0.2, 0.25) is 0 Å². The first-order chi connectivity index (χ1) is 9.11. The van der Waals surface area contributed by atoms with Gasteiger partial charge in [0, 0.05) is 25.7 Å². The molecule has 0 N–H and O–H groups in total. The number of ether oxygens (including phenoxy) is 3. The molecule has 0 radical (unpaired) electrons. The number of allylic oxidation sites excluding steroid dienone is 1. The van der Waals surface area contributed by atoms with Crippen molar-refractivity contribution in [3.05, 3.63) is 11.6 Å². The van der Waals surface area contributed by atoms with Gasteiger partial charge in [0.25, 0.3) is 0 Å². The third-order valence-corrected chi connectivity index (χ3v) is 2.56. The maximum atomic E-state index is 11.3. The predicted octanol–water partition coefficient (Wildman–Crippen LogP) is 2.25. The Morgan fingerprint density at radius 3 is 2.32 bits per heavy atom. The Morgan fingerprint density at radius 1 is 1.00 bits per heavy atom. The standard InChI is InChI=1S/C14H24O5/c1-4-12(2)14(16)19-11-10-18-13(15)8-6-5-7-9-17-3/h4H,5-11H2,1-3H3/b12-4+. The van der Waals surface area contributed by atoms with Crippen LogP contribution in [-0.2, 0) is 23.8 Å². The number of hydrogen-bond acceptors (Lipinski definition) is 5. The lowest BCUT2D eigenvalue weighted by Crippen LogP contribution is -2.14. The van der Waals surface area contributed by atoms with Crippen LogP contribution >= 0.6 is 0 Å². The Morgan fingerprint density at radius 2 is 1.68 bits per heavy atom. The van der Waals surface area contributed by atoms with Gasteiger partial charge in [-0.2, -0.15) is 0 Å². The van der Waals surface area contributed by atoms with E-state index < -0.39 is 0 Å². The van der Waals surface area contributed by atoms with Gasteiger partial charge >= 0.3 is 11.9 Å². The van der Waals surface area contributed by atoms with E-state index in [2.05, 4.69) is 0 Å². The third-order valence-electron chi connectivity index (χ3n) is 2.56. The van der Waals surface area contributed by atoms with E-state index in [0.29, 0.717) is 12.0 Å². The molecule has 0 aliphatic carbocycles. The van der Waals surface area contributed by atoms with Crippen molar-refractivity contribution in [2.45, 2.75) is 39.5 Å². The van der Waals surface area contributed by atoms with Crippen molar-refractivity contribution in [1.29, 1.82) is 0 Å². The highest BCUT2D eigenvalue weighted by Gasteiger charge is 2.06. The molecule has 0 aromatic heterocycles. The molecule has 0 saturated heterocycles. The molecule has 0 unspecified atom stereocenters. The lowest BCUT2D eigenvalue weighted by Gasteiger charge is -2.06. The van der Waals surface area contributed by atoms with E-state index in [4.69, 9.17) is 14.2 Å². The number of hydrogen-bond donors (Lipinski definition) is 0. The van der Waals surface area contributed by atoms with Crippen molar-refractivity contribution >= 4 is 11.9 Å². The third kappa shape index (κ3) is 10.3. The average molecular weight is 272 g/mol. The molecule has 0 aliphatic heterocycles. The molecule has 5 heteroatoms. The van der Waals surface area contributed by atoms with Crippen LogP contribution < -0.4 is 0 Å². The van der Waals surface area contributed by atoms with Crippen molar-refractivity contribution < 1.29 is 23.8 Å². The van der Waals surface area contributed by atoms with Crippen LogP contribution in [0, 0.1) is 0 Å². The first kappa shape index (κ1) is 17.6. The highest BCUT2D eigenvalue weighted by atomic mass is 16.6. The first-order valence-corrected chi connectivity index (χ1v) is 6.56. The van der Waals surface area contributed by atoms with Crippen molar-refractivity contribution in [1.82, 2.24) is 0 Å². The SMILES string of the molecule is C/C=C(\C)C(=O)OCCOC(=O)CCCCCOC. The molecule has 0 aromatic rings. The molecule has 0 spiro atoms. The van der Waals surface area contributed by atoms with Crippen LogP contribution in [0.5, 0.6) is 0 Å². The molecule has 0 aromatic carbocycles. The van der Waals surface area contributed by atoms with E-state index in [1.54, 1.807) is 27.0 Å². The smallest absolute Gasteiger partial charge is 0.333 e. The lowest BCUT2D eigenvalue weighted by molar-refractivity contribution is -0.150. The van der Waals surface area contributed by atoms with E-state index in [0.717, 1.165) is 25.9 Å². The van der Waals surface area contributed by atoms with Crippen LogP contribution in [0.1, 0.15) is 39.5 Å². The predicted molar refractivity (Wildman–Crippen MR) is 71.7 cm³/mol. The zero-order valence-corrected chi connectivity index (χ0v) is 12.1. The number of esters is 2. The Labute approximate surface area is 114 Å². The second-order valence-corrected chi connectivity index (χ2v) is 4.13. The molecular weight excluding hydrogens is 248 g/mol. The summed E-state index contributed by atoms with van der Waals surface area (Å²) >= 11 is 0. The summed E-state index contributed by atoms with van der Waals surface area (Å²) in [7, 11) is 1.66. The Balaban J connectivity index is 3.46. The van der Waals surface area contributed by atoms with E-state index >= 15 is 0 Å². The highest BCUT2D eigenvalue weighted by molar-refractivity contribution is 5.87. The molecule has 0 heterocycles. The molecule has 0 rings (SSSR count). The van der Waals surface area contributed by atoms with Gasteiger partial charge in [-0.3, -0.25) is 4.79 Å². The fourth-order valence-electron chi connectivity index (χ4n) is 1.29. The fraction of sp³-hybridized carbons (Fsp3) is 0.714. The van der Waals surface area contributed by atoms with Crippen molar-refractivity contribution in [3.63, 3.8) is 0 Å². The normalized spacial score (nSPS) is 11.2. The molecule has 19 heavy (non-hydrogen) atoms. The van der Waals surface area contributed by atoms with Gasteiger partial charge in [0.2, 0.25) is 0 Å². The minimum Gasteiger partial charge on any atom is -0.462 e. The number of unbranched alkanes of at least 4 members (excludes halogenated alkanes) is 2. The summed E-state index contributed by atoms with van der Waals surface area (Å²) < 4.78 is 14.8.